The molecule has 4 heterocycles. The van der Waals surface area contributed by atoms with Gasteiger partial charge >= 0.3 is 0 Å². The first-order valence-electron chi connectivity index (χ1n) is 10.5. The largest absolute Gasteiger partial charge is 0.365 e. The van der Waals surface area contributed by atoms with Gasteiger partial charge in [0.15, 0.2) is 11.6 Å². The number of benzene rings is 1. The highest BCUT2D eigenvalue weighted by molar-refractivity contribution is 7.10. The molecule has 0 aliphatic rings. The molecule has 34 heavy (non-hydrogen) atoms. The van der Waals surface area contributed by atoms with E-state index < -0.39 is 11.6 Å². The Hall–Kier alpha value is -4.11. The van der Waals surface area contributed by atoms with Gasteiger partial charge in [0.2, 0.25) is 0 Å². The number of hydrogen-bond donors (Lipinski definition) is 3. The molecular weight excluding hydrogens is 456 g/mol. The summed E-state index contributed by atoms with van der Waals surface area (Å²) in [6, 6.07) is 12.9. The average Bonchev–Trinajstić information content (AvgIpc) is 3.50. The summed E-state index contributed by atoms with van der Waals surface area (Å²) in [5, 5.41) is 9.10. The predicted octanol–water partition coefficient (Wildman–Crippen LogP) is 5.51. The predicted molar refractivity (Wildman–Crippen MR) is 128 cm³/mol. The van der Waals surface area contributed by atoms with E-state index in [1.807, 2.05) is 18.3 Å². The second-order valence-electron chi connectivity index (χ2n) is 7.59. The van der Waals surface area contributed by atoms with Gasteiger partial charge in [-0.1, -0.05) is 6.07 Å². The van der Waals surface area contributed by atoms with E-state index >= 15 is 0 Å². The van der Waals surface area contributed by atoms with Crippen LogP contribution in [0.2, 0.25) is 0 Å². The maximum atomic E-state index is 13.4. The van der Waals surface area contributed by atoms with Crippen molar-refractivity contribution in [3.8, 4) is 11.1 Å². The molecule has 0 aliphatic carbocycles. The van der Waals surface area contributed by atoms with Gasteiger partial charge in [-0.15, -0.1) is 11.3 Å². The Balaban J connectivity index is 1.26. The Bertz CT molecular complexity index is 1480. The molecule has 1 aromatic carbocycles. The standard InChI is InChI=1S/C25H19F2N5OS/c26-21-6-5-15(9-22(21)27)11-32-25(33)19-4-2-8-29-24(19)30-12-17-10-16(14-34-17)20-13-31-23-18(20)3-1-7-28-23/h1-10,13-14H,11-12H2,(H,28,31)(H,29,30)(H,32,33). The van der Waals surface area contributed by atoms with Crippen LogP contribution in [0.5, 0.6) is 0 Å². The summed E-state index contributed by atoms with van der Waals surface area (Å²) in [7, 11) is 0. The summed E-state index contributed by atoms with van der Waals surface area (Å²) in [5.41, 5.74) is 3.84. The molecule has 0 bridgehead atoms. The topological polar surface area (TPSA) is 82.7 Å². The smallest absolute Gasteiger partial charge is 0.255 e. The Morgan fingerprint density at radius 3 is 2.74 bits per heavy atom. The Morgan fingerprint density at radius 1 is 1.00 bits per heavy atom. The number of aromatic amines is 1. The van der Waals surface area contributed by atoms with E-state index in [0.29, 0.717) is 23.5 Å². The number of aromatic nitrogens is 3. The molecule has 0 saturated carbocycles. The number of carbonyl (C=O) groups excluding carboxylic acids is 1. The van der Waals surface area contributed by atoms with Crippen LogP contribution in [0, 0.1) is 11.6 Å². The normalized spacial score (nSPS) is 11.0. The van der Waals surface area contributed by atoms with Crippen LogP contribution >= 0.6 is 11.3 Å². The second kappa shape index (κ2) is 9.40. The lowest BCUT2D eigenvalue weighted by molar-refractivity contribution is 0.0951. The molecule has 1 amide bonds. The van der Waals surface area contributed by atoms with E-state index in [1.165, 1.54) is 6.07 Å². The quantitative estimate of drug-likeness (QED) is 0.290. The molecular formula is C25H19F2N5OS. The van der Waals surface area contributed by atoms with Crippen molar-refractivity contribution >= 4 is 34.1 Å². The maximum absolute atomic E-state index is 13.4. The highest BCUT2D eigenvalue weighted by Crippen LogP contribution is 2.31. The molecule has 0 spiro atoms. The summed E-state index contributed by atoms with van der Waals surface area (Å²) in [4.78, 5) is 25.6. The number of anilines is 1. The molecule has 5 aromatic rings. The zero-order chi connectivity index (χ0) is 23.5. The lowest BCUT2D eigenvalue weighted by Crippen LogP contribution is -2.24. The molecule has 0 unspecified atom stereocenters. The number of amides is 1. The number of rotatable bonds is 7. The van der Waals surface area contributed by atoms with Crippen LogP contribution in [-0.2, 0) is 13.1 Å². The average molecular weight is 476 g/mol. The van der Waals surface area contributed by atoms with Crippen LogP contribution in [0.1, 0.15) is 20.8 Å². The van der Waals surface area contributed by atoms with E-state index in [9.17, 15) is 13.6 Å². The van der Waals surface area contributed by atoms with Crippen LogP contribution < -0.4 is 10.6 Å². The number of hydrogen-bond acceptors (Lipinski definition) is 5. The molecule has 170 valence electrons. The van der Waals surface area contributed by atoms with Gasteiger partial charge < -0.3 is 15.6 Å². The number of H-pyrrole nitrogens is 1. The monoisotopic (exact) mass is 475 g/mol. The summed E-state index contributed by atoms with van der Waals surface area (Å²) in [6.45, 7) is 0.559. The molecule has 0 saturated heterocycles. The molecule has 0 radical (unpaired) electrons. The lowest BCUT2D eigenvalue weighted by atomic mass is 10.1. The van der Waals surface area contributed by atoms with Crippen LogP contribution in [0.25, 0.3) is 22.2 Å². The van der Waals surface area contributed by atoms with Crippen LogP contribution in [-0.4, -0.2) is 20.9 Å². The summed E-state index contributed by atoms with van der Waals surface area (Å²) < 4.78 is 26.5. The highest BCUT2D eigenvalue weighted by atomic mass is 32.1. The molecule has 5 rings (SSSR count). The van der Waals surface area contributed by atoms with Crippen molar-refractivity contribution < 1.29 is 13.6 Å². The molecule has 3 N–H and O–H groups in total. The van der Waals surface area contributed by atoms with Crippen LogP contribution in [0.4, 0.5) is 14.6 Å². The number of carbonyl (C=O) groups is 1. The lowest BCUT2D eigenvalue weighted by Gasteiger charge is -2.11. The van der Waals surface area contributed by atoms with Crippen molar-refractivity contribution in [2.45, 2.75) is 13.1 Å². The van der Waals surface area contributed by atoms with Gasteiger partial charge in [-0.05, 0) is 59.0 Å². The first-order valence-corrected chi connectivity index (χ1v) is 11.4. The minimum Gasteiger partial charge on any atom is -0.365 e. The number of fused-ring (bicyclic) bond motifs is 1. The Morgan fingerprint density at radius 2 is 1.85 bits per heavy atom. The van der Waals surface area contributed by atoms with E-state index in [-0.39, 0.29) is 12.5 Å². The van der Waals surface area contributed by atoms with Crippen molar-refractivity contribution in [1.82, 2.24) is 20.3 Å². The number of nitrogens with one attached hydrogen (secondary N) is 3. The summed E-state index contributed by atoms with van der Waals surface area (Å²) in [6.07, 6.45) is 5.31. The third kappa shape index (κ3) is 4.51. The number of pyridine rings is 2. The van der Waals surface area contributed by atoms with Crippen molar-refractivity contribution in [3.05, 3.63) is 100 Å². The fourth-order valence-corrected chi connectivity index (χ4v) is 4.46. The minimum absolute atomic E-state index is 0.0676. The fraction of sp³-hybridized carbons (Fsp3) is 0.0800. The van der Waals surface area contributed by atoms with Crippen molar-refractivity contribution in [3.63, 3.8) is 0 Å². The van der Waals surface area contributed by atoms with E-state index in [1.54, 1.807) is 35.9 Å². The highest BCUT2D eigenvalue weighted by Gasteiger charge is 2.14. The van der Waals surface area contributed by atoms with Gasteiger partial charge in [0, 0.05) is 41.0 Å². The van der Waals surface area contributed by atoms with Crippen LogP contribution in [0.3, 0.4) is 0 Å². The van der Waals surface area contributed by atoms with E-state index in [4.69, 9.17) is 0 Å². The van der Waals surface area contributed by atoms with Gasteiger partial charge in [0.25, 0.3) is 5.91 Å². The van der Waals surface area contributed by atoms with E-state index in [0.717, 1.165) is 39.2 Å². The van der Waals surface area contributed by atoms with Gasteiger partial charge in [0.05, 0.1) is 12.1 Å². The third-order valence-electron chi connectivity index (χ3n) is 5.34. The molecule has 0 aliphatic heterocycles. The number of halogens is 2. The zero-order valence-electron chi connectivity index (χ0n) is 17.8. The third-order valence-corrected chi connectivity index (χ3v) is 6.27. The SMILES string of the molecule is O=C(NCc1ccc(F)c(F)c1)c1cccnc1NCc1cc(-c2c[nH]c3ncccc23)cs1. The molecule has 9 heteroatoms. The first-order chi connectivity index (χ1) is 16.6. The molecule has 0 fully saturated rings. The van der Waals surface area contributed by atoms with Crippen molar-refractivity contribution in [2.24, 2.45) is 0 Å². The number of thiophene rings is 1. The summed E-state index contributed by atoms with van der Waals surface area (Å²) >= 11 is 1.61. The fourth-order valence-electron chi connectivity index (χ4n) is 3.64. The first kappa shape index (κ1) is 21.7. The van der Waals surface area contributed by atoms with Gasteiger partial charge in [-0.2, -0.15) is 0 Å². The van der Waals surface area contributed by atoms with Crippen molar-refractivity contribution in [2.75, 3.05) is 5.32 Å². The van der Waals surface area contributed by atoms with Crippen molar-refractivity contribution in [1.29, 1.82) is 0 Å². The van der Waals surface area contributed by atoms with Gasteiger partial charge in [0.1, 0.15) is 11.5 Å². The Labute approximate surface area is 197 Å². The minimum atomic E-state index is -0.949. The summed E-state index contributed by atoms with van der Waals surface area (Å²) in [5.74, 6) is -1.79. The molecule has 4 aromatic heterocycles. The van der Waals surface area contributed by atoms with E-state index in [2.05, 4.69) is 37.0 Å². The van der Waals surface area contributed by atoms with Gasteiger partial charge in [-0.25, -0.2) is 18.7 Å². The van der Waals surface area contributed by atoms with Crippen LogP contribution in [0.15, 0.2) is 72.5 Å². The maximum Gasteiger partial charge on any atom is 0.255 e. The van der Waals surface area contributed by atoms with Gasteiger partial charge in [-0.3, -0.25) is 4.79 Å². The Kier molecular flexibility index (Phi) is 6.01. The number of nitrogens with zero attached hydrogens (tertiary/aromatic N) is 2. The zero-order valence-corrected chi connectivity index (χ0v) is 18.6. The molecule has 0 atom stereocenters. The second-order valence-corrected chi connectivity index (χ2v) is 8.58. The molecule has 6 nitrogen and oxygen atoms in total.